The Morgan fingerprint density at radius 2 is 2.00 bits per heavy atom. The lowest BCUT2D eigenvalue weighted by atomic mass is 10.1. The van der Waals surface area contributed by atoms with E-state index in [-0.39, 0.29) is 0 Å². The highest BCUT2D eigenvalue weighted by Crippen LogP contribution is 2.35. The van der Waals surface area contributed by atoms with Crippen LogP contribution in [0.3, 0.4) is 0 Å². The summed E-state index contributed by atoms with van der Waals surface area (Å²) in [6, 6.07) is 3.52. The third kappa shape index (κ3) is 4.01. The van der Waals surface area contributed by atoms with E-state index in [2.05, 4.69) is 4.74 Å². The number of halogens is 4. The molecule has 4 nitrogen and oxygen atoms in total. The number of aryl methyl sites for hydroxylation is 1. The van der Waals surface area contributed by atoms with Gasteiger partial charge in [-0.1, -0.05) is 6.92 Å². The van der Waals surface area contributed by atoms with E-state index in [1.165, 1.54) is 6.07 Å². The number of alkyl halides is 3. The second-order valence-electron chi connectivity index (χ2n) is 3.42. The smallest absolute Gasteiger partial charge is 0.403 e. The maximum Gasteiger partial charge on any atom is 0.573 e. The molecule has 0 amide bonds. The van der Waals surface area contributed by atoms with Crippen LogP contribution in [0.25, 0.3) is 0 Å². The predicted molar refractivity (Wildman–Crippen MR) is 60.3 cm³/mol. The zero-order valence-electron chi connectivity index (χ0n) is 9.45. The summed E-state index contributed by atoms with van der Waals surface area (Å²) in [4.78, 5) is -0.873. The topological polar surface area (TPSA) is 67.2 Å². The predicted octanol–water partition coefficient (Wildman–Crippen LogP) is 2.95. The minimum absolute atomic E-state index is 0.320. The van der Waals surface area contributed by atoms with E-state index in [4.69, 9.17) is 15.9 Å². The second kappa shape index (κ2) is 5.27. The summed E-state index contributed by atoms with van der Waals surface area (Å²) in [6.45, 7) is 1.64. The van der Waals surface area contributed by atoms with Gasteiger partial charge in [-0.25, -0.2) is 8.42 Å². The molecule has 0 aromatic heterocycles. The first-order valence-corrected chi connectivity index (χ1v) is 7.17. The van der Waals surface area contributed by atoms with Crippen molar-refractivity contribution >= 4 is 19.7 Å². The number of rotatable bonds is 3. The molecule has 0 fully saturated rings. The Morgan fingerprint density at radius 3 is 2.37 bits per heavy atom. The monoisotopic (exact) mass is 313 g/mol. The summed E-state index contributed by atoms with van der Waals surface area (Å²) >= 11 is 0. The van der Waals surface area contributed by atoms with E-state index < -0.39 is 31.6 Å². The van der Waals surface area contributed by atoms with Gasteiger partial charge in [-0.15, -0.1) is 13.2 Å². The summed E-state index contributed by atoms with van der Waals surface area (Å²) in [7, 11) is 0.591. The van der Waals surface area contributed by atoms with Crippen LogP contribution in [0.5, 0.6) is 5.75 Å². The maximum atomic E-state index is 12.2. The molecule has 0 saturated carbocycles. The molecule has 0 spiro atoms. The van der Waals surface area contributed by atoms with Crippen LogP contribution < -0.4 is 4.74 Å². The molecule has 0 heterocycles. The Morgan fingerprint density at radius 1 is 1.42 bits per heavy atom. The summed E-state index contributed by atoms with van der Waals surface area (Å²) in [5.74, 6) is -1.11. The van der Waals surface area contributed by atoms with Crippen molar-refractivity contribution in [3.63, 3.8) is 0 Å². The lowest BCUT2D eigenvalue weighted by Crippen LogP contribution is -2.19. The minimum Gasteiger partial charge on any atom is -0.403 e. The second-order valence-corrected chi connectivity index (χ2v) is 5.96. The fraction of sp³-hybridized carbons (Fsp3) is 0.300. The highest BCUT2D eigenvalue weighted by atomic mass is 35.7. The van der Waals surface area contributed by atoms with E-state index in [0.29, 0.717) is 12.0 Å². The largest absolute Gasteiger partial charge is 0.573 e. The van der Waals surface area contributed by atoms with Crippen LogP contribution in [0.1, 0.15) is 18.1 Å². The van der Waals surface area contributed by atoms with Crippen molar-refractivity contribution in [1.29, 1.82) is 5.26 Å². The average molecular weight is 314 g/mol. The van der Waals surface area contributed by atoms with Crippen molar-refractivity contribution in [1.82, 2.24) is 0 Å². The van der Waals surface area contributed by atoms with E-state index in [1.54, 1.807) is 6.92 Å². The molecule has 19 heavy (non-hydrogen) atoms. The highest BCUT2D eigenvalue weighted by molar-refractivity contribution is 8.13. The fourth-order valence-corrected chi connectivity index (χ4v) is 2.36. The van der Waals surface area contributed by atoms with E-state index >= 15 is 0 Å². The Hall–Kier alpha value is -1.46. The molecule has 0 bridgehead atoms. The Bertz CT molecular complexity index is 635. The molecule has 0 aliphatic rings. The number of nitriles is 1. The Labute approximate surface area is 111 Å². The Kier molecular flexibility index (Phi) is 4.32. The zero-order valence-corrected chi connectivity index (χ0v) is 11.0. The normalized spacial score (nSPS) is 12.0. The molecule has 0 N–H and O–H groups in total. The number of benzene rings is 1. The van der Waals surface area contributed by atoms with Crippen LogP contribution in [-0.4, -0.2) is 14.8 Å². The molecule has 1 aromatic rings. The van der Waals surface area contributed by atoms with Crippen molar-refractivity contribution < 1.29 is 26.3 Å². The molecule has 0 aliphatic heterocycles. The highest BCUT2D eigenvalue weighted by Gasteiger charge is 2.35. The van der Waals surface area contributed by atoms with Gasteiger partial charge in [0.15, 0.2) is 5.75 Å². The summed E-state index contributed by atoms with van der Waals surface area (Å²) in [5.41, 5.74) is -0.193. The number of ether oxygens (including phenoxy) is 1. The van der Waals surface area contributed by atoms with Crippen molar-refractivity contribution in [2.75, 3.05) is 0 Å². The fourth-order valence-electron chi connectivity index (χ4n) is 1.35. The van der Waals surface area contributed by atoms with E-state index in [1.807, 2.05) is 0 Å². The first kappa shape index (κ1) is 15.6. The van der Waals surface area contributed by atoms with Crippen molar-refractivity contribution in [2.45, 2.75) is 24.6 Å². The van der Waals surface area contributed by atoms with Crippen LogP contribution in [0.15, 0.2) is 17.0 Å². The number of hydrogen-bond donors (Lipinski definition) is 0. The zero-order chi connectivity index (χ0) is 14.8. The van der Waals surface area contributed by atoms with Gasteiger partial charge in [-0.2, -0.15) is 5.26 Å². The standard InChI is InChI=1S/C10H7ClF3NO3S/c1-2-6-3-7(5-15)9(18-10(12,13)14)8(4-6)19(11,16)17/h3-4H,2H2,1H3. The minimum atomic E-state index is -5.13. The molecule has 104 valence electrons. The van der Waals surface area contributed by atoms with Crippen LogP contribution in [0, 0.1) is 11.3 Å². The molecule has 1 aromatic carbocycles. The van der Waals surface area contributed by atoms with Gasteiger partial charge < -0.3 is 4.74 Å². The molecule has 0 saturated heterocycles. The SMILES string of the molecule is CCc1cc(C#N)c(OC(F)(F)F)c(S(=O)(=O)Cl)c1. The first-order valence-electron chi connectivity index (χ1n) is 4.86. The molecule has 0 unspecified atom stereocenters. The quantitative estimate of drug-likeness (QED) is 0.805. The van der Waals surface area contributed by atoms with Crippen LogP contribution >= 0.6 is 10.7 Å². The van der Waals surface area contributed by atoms with Crippen LogP contribution in [0.4, 0.5) is 13.2 Å². The van der Waals surface area contributed by atoms with Gasteiger partial charge in [0.1, 0.15) is 11.0 Å². The third-order valence-electron chi connectivity index (χ3n) is 2.12. The molecule has 0 atom stereocenters. The van der Waals surface area contributed by atoms with Gasteiger partial charge in [0.25, 0.3) is 9.05 Å². The lowest BCUT2D eigenvalue weighted by molar-refractivity contribution is -0.275. The van der Waals surface area contributed by atoms with Crippen molar-refractivity contribution in [2.24, 2.45) is 0 Å². The van der Waals surface area contributed by atoms with Gasteiger partial charge in [-0.05, 0) is 24.1 Å². The van der Waals surface area contributed by atoms with E-state index in [9.17, 15) is 21.6 Å². The molecular formula is C10H7ClF3NO3S. The maximum absolute atomic E-state index is 12.2. The molecule has 0 radical (unpaired) electrons. The summed E-state index contributed by atoms with van der Waals surface area (Å²) in [6.07, 6.45) is -4.81. The number of hydrogen-bond acceptors (Lipinski definition) is 4. The molecule has 1 rings (SSSR count). The van der Waals surface area contributed by atoms with Crippen LogP contribution in [-0.2, 0) is 15.5 Å². The molecular weight excluding hydrogens is 307 g/mol. The van der Waals surface area contributed by atoms with Gasteiger partial charge in [-0.3, -0.25) is 0 Å². The average Bonchev–Trinajstić information content (AvgIpc) is 2.25. The van der Waals surface area contributed by atoms with Gasteiger partial charge in [0, 0.05) is 10.7 Å². The molecule has 0 aliphatic carbocycles. The van der Waals surface area contributed by atoms with Gasteiger partial charge >= 0.3 is 6.36 Å². The lowest BCUT2D eigenvalue weighted by Gasteiger charge is -2.14. The third-order valence-corrected chi connectivity index (χ3v) is 3.45. The van der Waals surface area contributed by atoms with Crippen LogP contribution in [0.2, 0.25) is 0 Å². The first-order chi connectivity index (χ1) is 8.58. The molecule has 9 heteroatoms. The van der Waals surface area contributed by atoms with Crippen molar-refractivity contribution in [3.8, 4) is 11.8 Å². The van der Waals surface area contributed by atoms with Gasteiger partial charge in [0.2, 0.25) is 0 Å². The van der Waals surface area contributed by atoms with Gasteiger partial charge in [0.05, 0.1) is 5.56 Å². The van der Waals surface area contributed by atoms with E-state index in [0.717, 1.165) is 12.1 Å². The Balaban J connectivity index is 3.62. The van der Waals surface area contributed by atoms with Crippen molar-refractivity contribution in [3.05, 3.63) is 23.3 Å². The summed E-state index contributed by atoms with van der Waals surface area (Å²) in [5, 5.41) is 8.79. The number of nitrogens with zero attached hydrogens (tertiary/aromatic N) is 1. The summed E-state index contributed by atoms with van der Waals surface area (Å²) < 4.78 is 62.9.